The molecule has 4 N–H and O–H groups in total. The summed E-state index contributed by atoms with van der Waals surface area (Å²) in [7, 11) is -4.72. The topological polar surface area (TPSA) is 356 Å². The van der Waals surface area contributed by atoms with E-state index in [1.54, 1.807) is 51.2 Å². The van der Waals surface area contributed by atoms with Crippen molar-refractivity contribution in [3.05, 3.63) is 71.8 Å². The monoisotopic (exact) mass is 1650 g/mol. The number of urea groups is 1. The molecule has 14 rings (SSSR count). The number of pyridine rings is 2. The molecule has 116 heavy (non-hydrogen) atoms. The number of methoxy groups -OCH3 is 2. The molecule has 0 bridgehead atoms. The molecular formula is C86H122N10O18S2. The first-order valence-corrected chi connectivity index (χ1v) is 43.9. The average Bonchev–Trinajstić information content (AvgIpc) is 1.57. The van der Waals surface area contributed by atoms with Crippen LogP contribution in [0.5, 0.6) is 34.8 Å². The standard InChI is InChI=1S/C42H57N5O9S.C38H48N4O9S.C4H9N.2CH4/c1-26(2)55-36-22-35(30-15-16-34(54-5)27(3)37(30)44-36)56-29-21-32-33(48)24-42(39(50)45-57(52,53)41(4)17-18-41)23-28(42)13-9-7-6-8-10-14-31(38(49)47(32)25-29)43-40(51)46-19-11-12-20-46;1-23(2)50-33-18-32(27-13-14-31(49-5)24(3)34(27)40-33)51-26-17-29-30(44)20-38(36(46)41-52(47,48)37(4)15-16-37)19-25(38)11-9-7-6-8-10-12-28(39-22-43)35(45)42(29)21-26;1-2-4-5-3-1;;/h9,13,15-16,22,26,28-29,31-32H,6-8,10-12,14,17-21,23-25H2,1-5H3,(H,43,51)(H,45,50);9,11,13-14,18,23,25-26,28-29H,6-8,10,12,15-17,19-21H2,1-5H3,(H,41,46);5H,1-4H2;2*1H4/b13-9-;11-9-;;;/t28-,29-,31+,32+,42-;25-,26-,28+,29+,38-;;;/m11.../s1. The molecule has 8 fully saturated rings. The summed E-state index contributed by atoms with van der Waals surface area (Å²) in [5.74, 6) is -0.696. The molecule has 636 valence electrons. The van der Waals surface area contributed by atoms with E-state index < -0.39 is 94.5 Å². The molecule has 0 unspecified atom stereocenters. The average molecular weight is 1650 g/mol. The zero-order valence-corrected chi connectivity index (χ0v) is 69.2. The predicted molar refractivity (Wildman–Crippen MR) is 441 cm³/mol. The van der Waals surface area contributed by atoms with E-state index in [9.17, 15) is 55.2 Å². The number of aromatic nitrogens is 2. The predicted octanol–water partition coefficient (Wildman–Crippen LogP) is 11.9. The van der Waals surface area contributed by atoms with E-state index in [-0.39, 0.29) is 101 Å². The molecule has 4 saturated carbocycles. The lowest BCUT2D eigenvalue weighted by molar-refractivity contribution is -0.140. The van der Waals surface area contributed by atoms with Gasteiger partial charge in [-0.1, -0.05) is 64.8 Å². The van der Waals surface area contributed by atoms with E-state index in [2.05, 4.69) is 25.1 Å². The molecule has 10 atom stereocenters. The molecule has 30 heteroatoms. The maximum Gasteiger partial charge on any atom is 0.318 e. The van der Waals surface area contributed by atoms with Gasteiger partial charge in [0.05, 0.1) is 83.0 Å². The third-order valence-electron chi connectivity index (χ3n) is 24.5. The van der Waals surface area contributed by atoms with Gasteiger partial charge >= 0.3 is 6.03 Å². The second-order valence-corrected chi connectivity index (χ2v) is 38.2. The third-order valence-corrected chi connectivity index (χ3v) is 28.8. The Hall–Kier alpha value is -8.73. The van der Waals surface area contributed by atoms with Gasteiger partial charge in [-0.3, -0.25) is 38.2 Å². The van der Waals surface area contributed by atoms with Crippen molar-refractivity contribution in [1.82, 2.24) is 44.7 Å². The highest BCUT2D eigenvalue weighted by Crippen LogP contribution is 2.59. The Morgan fingerprint density at radius 3 is 1.44 bits per heavy atom. The summed E-state index contributed by atoms with van der Waals surface area (Å²) in [6.07, 6.45) is 21.3. The SMILES string of the molecule is C.C.C1CCNC1.COc1ccc2c(O[C@@H]3C[C@H]4C(=O)C[C@]5(C(=O)NS(=O)(=O)C6(C)CC6)C[C@H]5/C=C\CCCCC[C@H](N=C=O)C(=O)N4C3)cc(OC(C)C)nc2c1C.COc1ccc2c(O[C@@H]3C[C@H]4C(=O)C[C@]5(C(=O)NS(=O)(=O)C6(C)CC6)C[C@H]5/C=C\CCCCC[C@H](NC(=O)N5CCCC5)C(=O)N4C3)cc(OC(C)C)nc2c1C. The number of nitrogens with one attached hydrogen (secondary N) is 4. The van der Waals surface area contributed by atoms with Crippen molar-refractivity contribution in [3.63, 3.8) is 0 Å². The summed E-state index contributed by atoms with van der Waals surface area (Å²) in [5, 5.41) is 7.63. The van der Waals surface area contributed by atoms with Crippen molar-refractivity contribution in [2.24, 2.45) is 27.7 Å². The first kappa shape index (κ1) is 89.6. The second-order valence-electron chi connectivity index (χ2n) is 33.8. The molecule has 6 amide bonds. The number of benzene rings is 2. The number of ether oxygens (including phenoxy) is 6. The fourth-order valence-corrected chi connectivity index (χ4v) is 19.4. The van der Waals surface area contributed by atoms with E-state index in [4.69, 9.17) is 38.4 Å². The lowest BCUT2D eigenvalue weighted by Crippen LogP contribution is -2.54. The van der Waals surface area contributed by atoms with Gasteiger partial charge in [0.15, 0.2) is 11.6 Å². The first-order chi connectivity index (χ1) is 54.4. The van der Waals surface area contributed by atoms with Gasteiger partial charge < -0.3 is 53.8 Å². The van der Waals surface area contributed by atoms with Gasteiger partial charge in [-0.25, -0.2) is 36.4 Å². The lowest BCUT2D eigenvalue weighted by Gasteiger charge is -2.30. The molecule has 6 aliphatic heterocycles. The molecule has 0 radical (unpaired) electrons. The van der Waals surface area contributed by atoms with Crippen LogP contribution < -0.4 is 48.5 Å². The summed E-state index contributed by atoms with van der Waals surface area (Å²) in [4.78, 5) is 129. The van der Waals surface area contributed by atoms with Crippen LogP contribution in [0, 0.1) is 36.5 Å². The number of aliphatic imine (C=N–C) groups is 1. The minimum atomic E-state index is -3.95. The smallest absolute Gasteiger partial charge is 0.318 e. The molecule has 2 aromatic heterocycles. The van der Waals surface area contributed by atoms with Crippen LogP contribution in [-0.4, -0.2) is 200 Å². The van der Waals surface area contributed by atoms with Crippen LogP contribution in [0.2, 0.25) is 0 Å². The molecule has 0 spiro atoms. The highest BCUT2D eigenvalue weighted by molar-refractivity contribution is 7.92. The Morgan fingerprint density at radius 1 is 0.595 bits per heavy atom. The van der Waals surface area contributed by atoms with Crippen molar-refractivity contribution in [3.8, 4) is 34.8 Å². The van der Waals surface area contributed by atoms with E-state index in [1.807, 2.05) is 90.1 Å². The van der Waals surface area contributed by atoms with Crippen molar-refractivity contribution in [2.45, 2.75) is 282 Å². The number of ketones is 2. The number of allylic oxidation sites excluding steroid dienone is 4. The number of rotatable bonds is 18. The number of isocyanates is 1. The van der Waals surface area contributed by atoms with Crippen molar-refractivity contribution in [1.29, 1.82) is 0 Å². The van der Waals surface area contributed by atoms with Gasteiger partial charge in [-0.2, -0.15) is 4.99 Å². The van der Waals surface area contributed by atoms with Crippen LogP contribution in [-0.2, 0) is 53.6 Å². The van der Waals surface area contributed by atoms with Crippen molar-refractivity contribution < 1.29 is 83.6 Å². The number of likely N-dealkylation sites (tertiary alicyclic amines) is 1. The summed E-state index contributed by atoms with van der Waals surface area (Å²) in [6, 6.07) is 6.59. The largest absolute Gasteiger partial charge is 0.496 e. The Labute approximate surface area is 684 Å². The molecular weight excluding hydrogens is 1530 g/mol. The van der Waals surface area contributed by atoms with Gasteiger partial charge in [0.1, 0.15) is 47.3 Å². The summed E-state index contributed by atoms with van der Waals surface area (Å²) < 4.78 is 91.8. The quantitative estimate of drug-likeness (QED) is 0.0408. The van der Waals surface area contributed by atoms with Crippen LogP contribution in [0.4, 0.5) is 4.79 Å². The van der Waals surface area contributed by atoms with E-state index in [0.717, 1.165) is 62.5 Å². The van der Waals surface area contributed by atoms with Crippen LogP contribution in [0.15, 0.2) is 65.7 Å². The minimum Gasteiger partial charge on any atom is -0.496 e. The first-order valence-electron chi connectivity index (χ1n) is 41.0. The summed E-state index contributed by atoms with van der Waals surface area (Å²) >= 11 is 0. The normalized spacial score (nSPS) is 27.5. The molecule has 8 heterocycles. The summed E-state index contributed by atoms with van der Waals surface area (Å²) in [6.45, 7) is 18.4. The van der Waals surface area contributed by atoms with Gasteiger partial charge in [-0.15, -0.1) is 0 Å². The number of carbonyl (C=O) groups excluding carboxylic acids is 8. The fourth-order valence-electron chi connectivity index (χ4n) is 16.7. The molecule has 4 saturated heterocycles. The van der Waals surface area contributed by atoms with Gasteiger partial charge in [0.25, 0.3) is 0 Å². The number of sulfonamides is 2. The van der Waals surface area contributed by atoms with E-state index in [1.165, 1.54) is 35.7 Å². The van der Waals surface area contributed by atoms with Crippen LogP contribution in [0.3, 0.4) is 0 Å². The number of nitrogens with zero attached hydrogens (tertiary/aromatic N) is 6. The number of aryl methyl sites for hydroxylation is 2. The van der Waals surface area contributed by atoms with E-state index in [0.29, 0.717) is 134 Å². The Kier molecular flexibility index (Phi) is 29.0. The zero-order chi connectivity index (χ0) is 81.7. The number of Topliss-reactive ketones (excluding diaryl/α,β-unsaturated/α-hetero) is 2. The highest BCUT2D eigenvalue weighted by Gasteiger charge is 2.65. The maximum atomic E-state index is 14.7. The number of fused-ring (bicyclic) bond motifs is 6. The molecule has 28 nitrogen and oxygen atoms in total. The molecule has 10 aliphatic rings. The number of hydrogen-bond donors (Lipinski definition) is 4. The van der Waals surface area contributed by atoms with Crippen molar-refractivity contribution in [2.75, 3.05) is 53.5 Å². The van der Waals surface area contributed by atoms with Crippen LogP contribution >= 0.6 is 0 Å². The van der Waals surface area contributed by atoms with Crippen molar-refractivity contribution >= 4 is 89.2 Å². The zero-order valence-electron chi connectivity index (χ0n) is 67.6. The molecule has 4 aliphatic carbocycles. The van der Waals surface area contributed by atoms with Crippen LogP contribution in [0.1, 0.15) is 222 Å². The fraction of sp³-hybridized carbons (Fsp3) is 0.651. The molecule has 4 aromatic rings. The Balaban J connectivity index is 0.000000228. The van der Waals surface area contributed by atoms with E-state index >= 15 is 0 Å². The lowest BCUT2D eigenvalue weighted by atomic mass is 9.91. The highest BCUT2D eigenvalue weighted by atomic mass is 32.2. The second kappa shape index (κ2) is 37.5. The molecule has 2 aromatic carbocycles. The van der Waals surface area contributed by atoms with Gasteiger partial charge in [0, 0.05) is 72.8 Å². The minimum absolute atomic E-state index is 0. The third kappa shape index (κ3) is 20.2. The number of amides is 6. The Bertz CT molecular complexity index is 4640. The van der Waals surface area contributed by atoms with Gasteiger partial charge in [-0.05, 0) is 207 Å². The van der Waals surface area contributed by atoms with Crippen LogP contribution in [0.25, 0.3) is 21.8 Å². The number of carbonyl (C=O) groups is 7. The summed E-state index contributed by atoms with van der Waals surface area (Å²) in [5.41, 5.74) is 0.300. The Morgan fingerprint density at radius 2 is 1.03 bits per heavy atom. The van der Waals surface area contributed by atoms with Gasteiger partial charge in [0.2, 0.25) is 61.5 Å². The maximum absolute atomic E-state index is 14.7. The number of hydrogen-bond acceptors (Lipinski definition) is 22.